The smallest absolute Gasteiger partial charge is 0.293 e. The summed E-state index contributed by atoms with van der Waals surface area (Å²) in [6.45, 7) is 1.26. The second-order valence-electron chi connectivity index (χ2n) is 3.20. The standard InChI is InChI=1S/C9H8N4O5/c1-6(14)5-10-11-8-3-2-7(12(15)16)4-9(8)13(17)18/h2-5,11H,1H3/b10-5-. The van der Waals surface area contributed by atoms with E-state index >= 15 is 0 Å². The number of hydrazone groups is 1. The van der Waals surface area contributed by atoms with Crippen LogP contribution in [0.2, 0.25) is 0 Å². The van der Waals surface area contributed by atoms with Crippen LogP contribution in [0.4, 0.5) is 17.1 Å². The molecule has 0 aliphatic carbocycles. The third-order valence-electron chi connectivity index (χ3n) is 1.82. The van der Waals surface area contributed by atoms with Crippen molar-refractivity contribution in [2.45, 2.75) is 6.92 Å². The molecule has 0 radical (unpaired) electrons. The van der Waals surface area contributed by atoms with Gasteiger partial charge in [0.1, 0.15) is 5.69 Å². The van der Waals surface area contributed by atoms with Crippen LogP contribution in [0.5, 0.6) is 0 Å². The first-order valence-corrected chi connectivity index (χ1v) is 4.64. The lowest BCUT2D eigenvalue weighted by molar-refractivity contribution is -0.393. The Bertz CT molecular complexity index is 540. The van der Waals surface area contributed by atoms with Gasteiger partial charge in [0.25, 0.3) is 5.69 Å². The maximum absolute atomic E-state index is 10.7. The number of hydrogen-bond acceptors (Lipinski definition) is 7. The van der Waals surface area contributed by atoms with Gasteiger partial charge in [0.05, 0.1) is 22.1 Å². The molecule has 0 aliphatic heterocycles. The van der Waals surface area contributed by atoms with Gasteiger partial charge in [-0.3, -0.25) is 30.4 Å². The Balaban J connectivity index is 3.08. The Morgan fingerprint density at radius 1 is 1.33 bits per heavy atom. The molecular formula is C9H8N4O5. The first-order chi connectivity index (χ1) is 8.41. The molecule has 0 heterocycles. The number of nitrogens with zero attached hydrogens (tertiary/aromatic N) is 3. The summed E-state index contributed by atoms with van der Waals surface area (Å²) in [4.78, 5) is 30.3. The summed E-state index contributed by atoms with van der Waals surface area (Å²) in [6, 6.07) is 3.05. The Hall–Kier alpha value is -2.84. The number of nitro groups is 2. The number of hydrogen-bond donors (Lipinski definition) is 1. The molecule has 0 saturated heterocycles. The molecular weight excluding hydrogens is 244 g/mol. The quantitative estimate of drug-likeness (QED) is 0.480. The minimum Gasteiger partial charge on any atom is -0.293 e. The van der Waals surface area contributed by atoms with Crippen LogP contribution in [0, 0.1) is 20.2 Å². The molecule has 1 rings (SSSR count). The van der Waals surface area contributed by atoms with Crippen molar-refractivity contribution in [2.24, 2.45) is 5.10 Å². The Morgan fingerprint density at radius 2 is 2.00 bits per heavy atom. The van der Waals surface area contributed by atoms with Gasteiger partial charge in [-0.2, -0.15) is 5.10 Å². The number of rotatable bonds is 5. The summed E-state index contributed by atoms with van der Waals surface area (Å²) < 4.78 is 0. The van der Waals surface area contributed by atoms with Crippen molar-refractivity contribution < 1.29 is 14.6 Å². The van der Waals surface area contributed by atoms with E-state index in [4.69, 9.17) is 0 Å². The van der Waals surface area contributed by atoms with Crippen LogP contribution >= 0.6 is 0 Å². The molecule has 1 aromatic carbocycles. The zero-order chi connectivity index (χ0) is 13.7. The molecule has 0 unspecified atom stereocenters. The SMILES string of the molecule is CC(=O)/C=N\Nc1ccc([N+](=O)[O-])cc1[N+](=O)[O-]. The molecule has 0 saturated carbocycles. The highest BCUT2D eigenvalue weighted by molar-refractivity contribution is 6.26. The summed E-state index contributed by atoms with van der Waals surface area (Å²) in [5.41, 5.74) is 1.34. The first kappa shape index (κ1) is 13.2. The van der Waals surface area contributed by atoms with E-state index in [0.29, 0.717) is 0 Å². The van der Waals surface area contributed by atoms with E-state index in [9.17, 15) is 25.0 Å². The summed E-state index contributed by atoms with van der Waals surface area (Å²) >= 11 is 0. The molecule has 0 aromatic heterocycles. The van der Waals surface area contributed by atoms with Crippen LogP contribution < -0.4 is 5.43 Å². The van der Waals surface area contributed by atoms with E-state index < -0.39 is 21.2 Å². The fraction of sp³-hybridized carbons (Fsp3) is 0.111. The minimum absolute atomic E-state index is 0.0388. The highest BCUT2D eigenvalue weighted by Gasteiger charge is 2.18. The van der Waals surface area contributed by atoms with Crippen LogP contribution in [0.1, 0.15) is 6.92 Å². The number of carbonyl (C=O) groups is 1. The van der Waals surface area contributed by atoms with Crippen LogP contribution in [0.25, 0.3) is 0 Å². The van der Waals surface area contributed by atoms with Gasteiger partial charge in [-0.1, -0.05) is 0 Å². The molecule has 18 heavy (non-hydrogen) atoms. The second-order valence-corrected chi connectivity index (χ2v) is 3.20. The van der Waals surface area contributed by atoms with E-state index in [1.165, 1.54) is 6.92 Å². The molecule has 0 amide bonds. The van der Waals surface area contributed by atoms with Crippen molar-refractivity contribution in [1.29, 1.82) is 0 Å². The number of nitro benzene ring substituents is 2. The number of benzene rings is 1. The van der Waals surface area contributed by atoms with Gasteiger partial charge in [0.15, 0.2) is 5.78 Å². The lowest BCUT2D eigenvalue weighted by Crippen LogP contribution is -2.00. The molecule has 0 fully saturated rings. The fourth-order valence-corrected chi connectivity index (χ4v) is 1.07. The molecule has 1 aromatic rings. The third kappa shape index (κ3) is 3.33. The zero-order valence-electron chi connectivity index (χ0n) is 9.19. The van der Waals surface area contributed by atoms with E-state index in [0.717, 1.165) is 24.4 Å². The van der Waals surface area contributed by atoms with Crippen molar-refractivity contribution in [1.82, 2.24) is 0 Å². The Labute approximate surface area is 100 Å². The van der Waals surface area contributed by atoms with Gasteiger partial charge in [-0.15, -0.1) is 0 Å². The van der Waals surface area contributed by atoms with Crippen molar-refractivity contribution in [3.63, 3.8) is 0 Å². The predicted octanol–water partition coefficient (Wildman–Crippen LogP) is 1.49. The van der Waals surface area contributed by atoms with Crippen molar-refractivity contribution >= 4 is 29.1 Å². The molecule has 9 heteroatoms. The topological polar surface area (TPSA) is 128 Å². The highest BCUT2D eigenvalue weighted by atomic mass is 16.6. The summed E-state index contributed by atoms with van der Waals surface area (Å²) in [5.74, 6) is -0.341. The maximum Gasteiger partial charge on any atom is 0.301 e. The van der Waals surface area contributed by atoms with Gasteiger partial charge in [-0.05, 0) is 6.07 Å². The highest BCUT2D eigenvalue weighted by Crippen LogP contribution is 2.28. The Morgan fingerprint density at radius 3 is 2.50 bits per heavy atom. The fourth-order valence-electron chi connectivity index (χ4n) is 1.07. The summed E-state index contributed by atoms with van der Waals surface area (Å²) in [5, 5.41) is 24.7. The number of ketones is 1. The second kappa shape index (κ2) is 5.48. The van der Waals surface area contributed by atoms with Gasteiger partial charge >= 0.3 is 5.69 Å². The molecule has 0 atom stereocenters. The van der Waals surface area contributed by atoms with Crippen LogP contribution in [-0.4, -0.2) is 21.8 Å². The lowest BCUT2D eigenvalue weighted by atomic mass is 10.2. The normalized spacial score (nSPS) is 10.3. The molecule has 0 spiro atoms. The van der Waals surface area contributed by atoms with Crippen LogP contribution in [-0.2, 0) is 4.79 Å². The van der Waals surface area contributed by atoms with Crippen molar-refractivity contribution in [3.05, 3.63) is 38.4 Å². The number of carbonyl (C=O) groups excluding carboxylic acids is 1. The summed E-state index contributed by atoms with van der Waals surface area (Å²) in [7, 11) is 0. The monoisotopic (exact) mass is 252 g/mol. The zero-order valence-corrected chi connectivity index (χ0v) is 9.19. The predicted molar refractivity (Wildman–Crippen MR) is 62.5 cm³/mol. The van der Waals surface area contributed by atoms with Crippen LogP contribution in [0.3, 0.4) is 0 Å². The molecule has 1 N–H and O–H groups in total. The molecule has 0 aliphatic rings. The van der Waals surface area contributed by atoms with Gasteiger partial charge in [0, 0.05) is 13.0 Å². The first-order valence-electron chi connectivity index (χ1n) is 4.64. The average molecular weight is 252 g/mol. The van der Waals surface area contributed by atoms with E-state index in [2.05, 4.69) is 10.5 Å². The lowest BCUT2D eigenvalue weighted by Gasteiger charge is -2.01. The van der Waals surface area contributed by atoms with E-state index in [1.54, 1.807) is 0 Å². The third-order valence-corrected chi connectivity index (χ3v) is 1.82. The number of non-ortho nitro benzene ring substituents is 1. The maximum atomic E-state index is 10.7. The van der Waals surface area contributed by atoms with Crippen LogP contribution in [0.15, 0.2) is 23.3 Å². The van der Waals surface area contributed by atoms with Crippen molar-refractivity contribution in [2.75, 3.05) is 5.43 Å². The van der Waals surface area contributed by atoms with E-state index in [-0.39, 0.29) is 11.5 Å². The molecule has 0 bridgehead atoms. The number of anilines is 1. The largest absolute Gasteiger partial charge is 0.301 e. The van der Waals surface area contributed by atoms with E-state index in [1.807, 2.05) is 0 Å². The van der Waals surface area contributed by atoms with Crippen molar-refractivity contribution in [3.8, 4) is 0 Å². The number of nitrogens with one attached hydrogen (secondary N) is 1. The summed E-state index contributed by atoms with van der Waals surface area (Å²) in [6.07, 6.45) is 0.936. The van der Waals surface area contributed by atoms with Gasteiger partial charge in [0.2, 0.25) is 0 Å². The van der Waals surface area contributed by atoms with Gasteiger partial charge < -0.3 is 0 Å². The Kier molecular flexibility index (Phi) is 4.02. The number of Topliss-reactive ketones (excluding diaryl/α,β-unsaturated/α-hetero) is 1. The average Bonchev–Trinajstić information content (AvgIpc) is 2.28. The van der Waals surface area contributed by atoms with Gasteiger partial charge in [-0.25, -0.2) is 0 Å². The minimum atomic E-state index is -0.779. The molecule has 94 valence electrons. The molecule has 9 nitrogen and oxygen atoms in total.